The zero-order valence-electron chi connectivity index (χ0n) is 11.8. The third kappa shape index (κ3) is 3.16. The van der Waals surface area contributed by atoms with Crippen LogP contribution in [-0.2, 0) is 6.54 Å². The van der Waals surface area contributed by atoms with Crippen molar-refractivity contribution in [1.29, 1.82) is 0 Å². The zero-order chi connectivity index (χ0) is 14.8. The number of methoxy groups -OCH3 is 1. The zero-order valence-corrected chi connectivity index (χ0v) is 13.4. The van der Waals surface area contributed by atoms with Crippen molar-refractivity contribution in [3.8, 4) is 5.75 Å². The molecule has 5 nitrogen and oxygen atoms in total. The molecule has 0 aliphatic carbocycles. The van der Waals surface area contributed by atoms with Crippen LogP contribution in [0.5, 0.6) is 5.75 Å². The Labute approximate surface area is 131 Å². The number of rotatable bonds is 4. The Morgan fingerprint density at radius 1 is 1.29 bits per heavy atom. The minimum Gasteiger partial charge on any atom is -0.497 e. The van der Waals surface area contributed by atoms with Crippen molar-refractivity contribution in [2.24, 2.45) is 0 Å². The molecule has 0 spiro atoms. The molecule has 0 saturated carbocycles. The average Bonchev–Trinajstić information content (AvgIpc) is 2.83. The van der Waals surface area contributed by atoms with Gasteiger partial charge in [0.2, 0.25) is 0 Å². The summed E-state index contributed by atoms with van der Waals surface area (Å²) < 4.78 is 8.02. The van der Waals surface area contributed by atoms with Crippen LogP contribution in [0.3, 0.4) is 0 Å². The monoisotopic (exact) mass is 346 g/mol. The number of hydrogen-bond donors (Lipinski definition) is 1. The van der Waals surface area contributed by atoms with Crippen molar-refractivity contribution in [2.75, 3.05) is 12.4 Å². The van der Waals surface area contributed by atoms with Crippen molar-refractivity contribution in [2.45, 2.75) is 13.5 Å². The second kappa shape index (κ2) is 5.73. The average molecular weight is 347 g/mol. The van der Waals surface area contributed by atoms with Crippen LogP contribution in [0.4, 0.5) is 5.69 Å². The number of nitrogens with one attached hydrogen (secondary N) is 1. The molecule has 1 N–H and O–H groups in total. The number of fused-ring (bicyclic) bond motifs is 1. The van der Waals surface area contributed by atoms with Gasteiger partial charge in [-0.1, -0.05) is 15.9 Å². The number of hydrogen-bond acceptors (Lipinski definition) is 4. The highest BCUT2D eigenvalue weighted by atomic mass is 79.9. The van der Waals surface area contributed by atoms with Crippen LogP contribution in [0.25, 0.3) is 5.65 Å². The van der Waals surface area contributed by atoms with Crippen molar-refractivity contribution in [3.05, 3.63) is 52.4 Å². The largest absolute Gasteiger partial charge is 0.497 e. The molecule has 0 amide bonds. The maximum absolute atomic E-state index is 5.25. The summed E-state index contributed by atoms with van der Waals surface area (Å²) in [4.78, 5) is 4.39. The van der Waals surface area contributed by atoms with E-state index in [2.05, 4.69) is 31.3 Å². The summed E-state index contributed by atoms with van der Waals surface area (Å²) in [6.07, 6.45) is 3.84. The van der Waals surface area contributed by atoms with Gasteiger partial charge in [-0.15, -0.1) is 0 Å². The Morgan fingerprint density at radius 2 is 2.14 bits per heavy atom. The van der Waals surface area contributed by atoms with Crippen molar-refractivity contribution in [3.63, 3.8) is 0 Å². The van der Waals surface area contributed by atoms with Crippen LogP contribution in [0.2, 0.25) is 0 Å². The summed E-state index contributed by atoms with van der Waals surface area (Å²) in [6, 6.07) is 7.84. The van der Waals surface area contributed by atoms with E-state index >= 15 is 0 Å². The first-order chi connectivity index (χ1) is 10.1. The predicted molar refractivity (Wildman–Crippen MR) is 85.7 cm³/mol. The van der Waals surface area contributed by atoms with E-state index in [1.807, 2.05) is 43.6 Å². The highest BCUT2D eigenvalue weighted by Crippen LogP contribution is 2.24. The Balaban J connectivity index is 1.77. The summed E-state index contributed by atoms with van der Waals surface area (Å²) >= 11 is 3.47. The summed E-state index contributed by atoms with van der Waals surface area (Å²) in [5.41, 5.74) is 3.87. The molecule has 6 heteroatoms. The molecular weight excluding hydrogens is 332 g/mol. The number of anilines is 1. The van der Waals surface area contributed by atoms with E-state index in [9.17, 15) is 0 Å². The molecule has 21 heavy (non-hydrogen) atoms. The van der Waals surface area contributed by atoms with Gasteiger partial charge in [0.1, 0.15) is 5.75 Å². The third-order valence-electron chi connectivity index (χ3n) is 3.09. The van der Waals surface area contributed by atoms with E-state index in [-0.39, 0.29) is 0 Å². The summed E-state index contributed by atoms with van der Waals surface area (Å²) in [5.74, 6) is 0.808. The van der Waals surface area contributed by atoms with E-state index < -0.39 is 0 Å². The molecule has 0 unspecified atom stereocenters. The Bertz CT molecular complexity index is 784. The number of aromatic nitrogens is 3. The third-order valence-corrected chi connectivity index (χ3v) is 3.55. The van der Waals surface area contributed by atoms with Gasteiger partial charge in [-0.2, -0.15) is 5.10 Å². The van der Waals surface area contributed by atoms with Crippen molar-refractivity contribution >= 4 is 27.3 Å². The van der Waals surface area contributed by atoms with E-state index in [1.54, 1.807) is 11.6 Å². The van der Waals surface area contributed by atoms with E-state index in [1.165, 1.54) is 0 Å². The van der Waals surface area contributed by atoms with Crippen LogP contribution in [-0.4, -0.2) is 21.7 Å². The molecule has 2 heterocycles. The predicted octanol–water partition coefficient (Wildman–Crippen LogP) is 3.42. The van der Waals surface area contributed by atoms with Crippen LogP contribution < -0.4 is 10.1 Å². The van der Waals surface area contributed by atoms with Gasteiger partial charge < -0.3 is 10.1 Å². The van der Waals surface area contributed by atoms with Gasteiger partial charge in [0, 0.05) is 46.8 Å². The van der Waals surface area contributed by atoms with Crippen LogP contribution >= 0.6 is 15.9 Å². The summed E-state index contributed by atoms with van der Waals surface area (Å²) in [5, 5.41) is 7.73. The smallest absolute Gasteiger partial charge is 0.155 e. The number of benzene rings is 1. The minimum atomic E-state index is 0.668. The summed E-state index contributed by atoms with van der Waals surface area (Å²) in [6.45, 7) is 2.63. The lowest BCUT2D eigenvalue weighted by atomic mass is 10.2. The van der Waals surface area contributed by atoms with Gasteiger partial charge in [0.05, 0.1) is 12.8 Å². The molecule has 0 fully saturated rings. The normalized spacial score (nSPS) is 10.8. The first-order valence-corrected chi connectivity index (χ1v) is 7.33. The Hall–Kier alpha value is -2.08. The fourth-order valence-electron chi connectivity index (χ4n) is 2.11. The highest BCUT2D eigenvalue weighted by Gasteiger charge is 2.03. The molecule has 3 rings (SSSR count). The van der Waals surface area contributed by atoms with E-state index in [0.29, 0.717) is 6.54 Å². The fraction of sp³-hybridized carbons (Fsp3) is 0.200. The second-order valence-corrected chi connectivity index (χ2v) is 5.70. The first kappa shape index (κ1) is 13.9. The molecule has 3 aromatic rings. The lowest BCUT2D eigenvalue weighted by Crippen LogP contribution is -2.02. The van der Waals surface area contributed by atoms with Crippen LogP contribution in [0, 0.1) is 6.92 Å². The van der Waals surface area contributed by atoms with Gasteiger partial charge in [-0.05, 0) is 19.1 Å². The standard InChI is InChI=1S/C15H15BrN4O/c1-10-3-15-18-8-11(9-20(15)19-10)7-17-13-4-12(16)5-14(6-13)21-2/h3-6,8-9,17H,7H2,1-2H3. The van der Waals surface area contributed by atoms with Gasteiger partial charge in [0.15, 0.2) is 5.65 Å². The quantitative estimate of drug-likeness (QED) is 0.786. The topological polar surface area (TPSA) is 51.5 Å². The van der Waals surface area contributed by atoms with E-state index in [4.69, 9.17) is 4.74 Å². The van der Waals surface area contributed by atoms with E-state index in [0.717, 1.165) is 32.8 Å². The molecular formula is C15H15BrN4O. The molecule has 0 atom stereocenters. The number of nitrogens with zero attached hydrogens (tertiary/aromatic N) is 3. The van der Waals surface area contributed by atoms with Gasteiger partial charge in [-0.3, -0.25) is 0 Å². The SMILES string of the molecule is COc1cc(Br)cc(NCc2cnc3cc(C)nn3c2)c1. The molecule has 108 valence electrons. The molecule has 1 aromatic carbocycles. The molecule has 0 aliphatic heterocycles. The van der Waals surface area contributed by atoms with Crippen molar-refractivity contribution < 1.29 is 4.74 Å². The van der Waals surface area contributed by atoms with Gasteiger partial charge in [-0.25, -0.2) is 9.50 Å². The van der Waals surface area contributed by atoms with Gasteiger partial charge in [0.25, 0.3) is 0 Å². The molecule has 0 aliphatic rings. The fourth-order valence-corrected chi connectivity index (χ4v) is 2.58. The number of halogens is 1. The molecule has 0 bridgehead atoms. The minimum absolute atomic E-state index is 0.668. The molecule has 2 aromatic heterocycles. The first-order valence-electron chi connectivity index (χ1n) is 6.53. The van der Waals surface area contributed by atoms with Gasteiger partial charge >= 0.3 is 0 Å². The Kier molecular flexibility index (Phi) is 3.79. The van der Waals surface area contributed by atoms with Crippen LogP contribution in [0.15, 0.2) is 41.1 Å². The van der Waals surface area contributed by atoms with Crippen molar-refractivity contribution in [1.82, 2.24) is 14.6 Å². The molecule has 0 radical (unpaired) electrons. The molecule has 0 saturated heterocycles. The van der Waals surface area contributed by atoms with Crippen LogP contribution in [0.1, 0.15) is 11.3 Å². The maximum Gasteiger partial charge on any atom is 0.155 e. The lowest BCUT2D eigenvalue weighted by molar-refractivity contribution is 0.414. The number of aryl methyl sites for hydroxylation is 1. The lowest BCUT2D eigenvalue weighted by Gasteiger charge is -2.09. The Morgan fingerprint density at radius 3 is 2.95 bits per heavy atom. The second-order valence-electron chi connectivity index (χ2n) is 4.78. The maximum atomic E-state index is 5.25. The number of ether oxygens (including phenoxy) is 1. The highest BCUT2D eigenvalue weighted by molar-refractivity contribution is 9.10. The summed E-state index contributed by atoms with van der Waals surface area (Å²) in [7, 11) is 1.66.